The van der Waals surface area contributed by atoms with Gasteiger partial charge in [0, 0.05) is 18.2 Å². The Morgan fingerprint density at radius 1 is 1.23 bits per heavy atom. The molecule has 1 aromatic heterocycles. The summed E-state index contributed by atoms with van der Waals surface area (Å²) in [6, 6.07) is 8.74. The minimum atomic E-state index is -0.377. The number of anilines is 1. The Balaban J connectivity index is 1.90. The van der Waals surface area contributed by atoms with E-state index in [0.29, 0.717) is 23.7 Å². The number of carbonyl (C=O) groups excluding carboxylic acids is 1. The van der Waals surface area contributed by atoms with E-state index in [0.717, 1.165) is 6.54 Å². The summed E-state index contributed by atoms with van der Waals surface area (Å²) in [6.45, 7) is 1.34. The Morgan fingerprint density at radius 2 is 1.95 bits per heavy atom. The second-order valence-electron chi connectivity index (χ2n) is 5.00. The number of rotatable bonds is 6. The molecule has 0 saturated carbocycles. The molecular formula is C16H18FN3O2. The predicted octanol–water partition coefficient (Wildman–Crippen LogP) is 2.41. The van der Waals surface area contributed by atoms with Crippen LogP contribution in [0.25, 0.3) is 0 Å². The van der Waals surface area contributed by atoms with Crippen molar-refractivity contribution in [3.05, 3.63) is 54.0 Å². The summed E-state index contributed by atoms with van der Waals surface area (Å²) in [4.78, 5) is 18.1. The average molecular weight is 303 g/mol. The van der Waals surface area contributed by atoms with E-state index in [-0.39, 0.29) is 11.7 Å². The fourth-order valence-electron chi connectivity index (χ4n) is 1.68. The number of benzene rings is 1. The van der Waals surface area contributed by atoms with Crippen molar-refractivity contribution >= 4 is 11.6 Å². The highest BCUT2D eigenvalue weighted by Crippen LogP contribution is 2.13. The van der Waals surface area contributed by atoms with Crippen LogP contribution in [0.5, 0.6) is 5.88 Å². The Hall–Kier alpha value is -2.47. The van der Waals surface area contributed by atoms with Crippen molar-refractivity contribution in [1.29, 1.82) is 0 Å². The first kappa shape index (κ1) is 15.9. The van der Waals surface area contributed by atoms with E-state index in [1.54, 1.807) is 12.1 Å². The molecule has 5 nitrogen and oxygen atoms in total. The van der Waals surface area contributed by atoms with Crippen LogP contribution in [0.4, 0.5) is 10.1 Å². The average Bonchev–Trinajstić information content (AvgIpc) is 2.49. The van der Waals surface area contributed by atoms with Gasteiger partial charge < -0.3 is 15.0 Å². The zero-order valence-corrected chi connectivity index (χ0v) is 12.5. The fourth-order valence-corrected chi connectivity index (χ4v) is 1.68. The maximum atomic E-state index is 12.8. The number of nitrogens with zero attached hydrogens (tertiary/aromatic N) is 2. The van der Waals surface area contributed by atoms with Gasteiger partial charge in [0.15, 0.2) is 0 Å². The Bertz CT molecular complexity index is 612. The standard InChI is InChI=1S/C16H18FN3O2/c1-20(2)9-10-22-15-8-7-14(11-18-15)19-16(21)12-3-5-13(17)6-4-12/h3-8,11H,9-10H2,1-2H3,(H,19,21). The predicted molar refractivity (Wildman–Crippen MR) is 82.6 cm³/mol. The van der Waals surface area contributed by atoms with Crippen LogP contribution in [-0.4, -0.2) is 43.0 Å². The first-order valence-electron chi connectivity index (χ1n) is 6.85. The Labute approximate surface area is 128 Å². The first-order valence-corrected chi connectivity index (χ1v) is 6.85. The zero-order valence-electron chi connectivity index (χ0n) is 12.5. The van der Waals surface area contributed by atoms with E-state index in [1.165, 1.54) is 30.5 Å². The number of carbonyl (C=O) groups is 1. The van der Waals surface area contributed by atoms with Crippen molar-refractivity contribution in [3.63, 3.8) is 0 Å². The lowest BCUT2D eigenvalue weighted by Gasteiger charge is -2.10. The van der Waals surface area contributed by atoms with Crippen molar-refractivity contribution in [1.82, 2.24) is 9.88 Å². The summed E-state index contributed by atoms with van der Waals surface area (Å²) >= 11 is 0. The lowest BCUT2D eigenvalue weighted by Crippen LogP contribution is -2.19. The van der Waals surface area contributed by atoms with Gasteiger partial charge in [-0.05, 0) is 44.4 Å². The highest BCUT2D eigenvalue weighted by atomic mass is 19.1. The quantitative estimate of drug-likeness (QED) is 0.890. The van der Waals surface area contributed by atoms with Crippen LogP contribution >= 0.6 is 0 Å². The molecule has 0 fully saturated rings. The third-order valence-electron chi connectivity index (χ3n) is 2.89. The molecule has 1 amide bonds. The van der Waals surface area contributed by atoms with Gasteiger partial charge in [0.25, 0.3) is 5.91 Å². The number of pyridine rings is 1. The van der Waals surface area contributed by atoms with E-state index >= 15 is 0 Å². The van der Waals surface area contributed by atoms with Crippen molar-refractivity contribution in [2.45, 2.75) is 0 Å². The molecule has 22 heavy (non-hydrogen) atoms. The first-order chi connectivity index (χ1) is 10.5. The largest absolute Gasteiger partial charge is 0.476 e. The summed E-state index contributed by atoms with van der Waals surface area (Å²) in [7, 11) is 3.93. The van der Waals surface area contributed by atoms with Gasteiger partial charge in [-0.3, -0.25) is 4.79 Å². The maximum Gasteiger partial charge on any atom is 0.255 e. The molecule has 0 unspecified atom stereocenters. The molecule has 0 aliphatic rings. The molecule has 6 heteroatoms. The number of halogens is 1. The molecule has 0 bridgehead atoms. The van der Waals surface area contributed by atoms with Crippen molar-refractivity contribution in [3.8, 4) is 5.88 Å². The van der Waals surface area contributed by atoms with E-state index in [2.05, 4.69) is 10.3 Å². The number of aromatic nitrogens is 1. The monoisotopic (exact) mass is 303 g/mol. The number of nitrogens with one attached hydrogen (secondary N) is 1. The summed E-state index contributed by atoms with van der Waals surface area (Å²) < 4.78 is 18.3. The second-order valence-corrected chi connectivity index (χ2v) is 5.00. The van der Waals surface area contributed by atoms with Crippen LogP contribution < -0.4 is 10.1 Å². The van der Waals surface area contributed by atoms with Gasteiger partial charge >= 0.3 is 0 Å². The fraction of sp³-hybridized carbons (Fsp3) is 0.250. The highest BCUT2D eigenvalue weighted by Gasteiger charge is 2.06. The van der Waals surface area contributed by atoms with Gasteiger partial charge in [0.2, 0.25) is 5.88 Å². The van der Waals surface area contributed by atoms with Gasteiger partial charge in [-0.2, -0.15) is 0 Å². The van der Waals surface area contributed by atoms with Crippen LogP contribution in [0.1, 0.15) is 10.4 Å². The van der Waals surface area contributed by atoms with Gasteiger partial charge in [-0.1, -0.05) is 0 Å². The SMILES string of the molecule is CN(C)CCOc1ccc(NC(=O)c2ccc(F)cc2)cn1. The third kappa shape index (κ3) is 4.82. The van der Waals surface area contributed by atoms with Crippen LogP contribution in [0, 0.1) is 5.82 Å². The van der Waals surface area contributed by atoms with E-state index in [4.69, 9.17) is 4.74 Å². The van der Waals surface area contributed by atoms with Crippen molar-refractivity contribution < 1.29 is 13.9 Å². The van der Waals surface area contributed by atoms with Gasteiger partial charge in [-0.15, -0.1) is 0 Å². The van der Waals surface area contributed by atoms with Crippen LogP contribution in [0.3, 0.4) is 0 Å². The molecule has 116 valence electrons. The number of hydrogen-bond acceptors (Lipinski definition) is 4. The second kappa shape index (κ2) is 7.51. The third-order valence-corrected chi connectivity index (χ3v) is 2.89. The molecule has 2 aromatic rings. The molecule has 0 saturated heterocycles. The number of hydrogen-bond donors (Lipinski definition) is 1. The lowest BCUT2D eigenvalue weighted by molar-refractivity contribution is 0.102. The molecule has 0 aliphatic carbocycles. The highest BCUT2D eigenvalue weighted by molar-refractivity contribution is 6.04. The molecule has 0 atom stereocenters. The minimum absolute atomic E-state index is 0.317. The summed E-state index contributed by atoms with van der Waals surface area (Å²) in [5.41, 5.74) is 0.932. The maximum absolute atomic E-state index is 12.8. The van der Waals surface area contributed by atoms with Gasteiger partial charge in [0.05, 0.1) is 11.9 Å². The Morgan fingerprint density at radius 3 is 2.55 bits per heavy atom. The van der Waals surface area contributed by atoms with Crippen molar-refractivity contribution in [2.75, 3.05) is 32.6 Å². The number of ether oxygens (including phenoxy) is 1. The minimum Gasteiger partial charge on any atom is -0.476 e. The van der Waals surface area contributed by atoms with Crippen LogP contribution in [-0.2, 0) is 0 Å². The van der Waals surface area contributed by atoms with E-state index in [1.807, 2.05) is 19.0 Å². The summed E-state index contributed by atoms with van der Waals surface area (Å²) in [5.74, 6) is -0.192. The topological polar surface area (TPSA) is 54.5 Å². The molecule has 0 spiro atoms. The molecule has 1 aromatic carbocycles. The number of amides is 1. The van der Waals surface area contributed by atoms with Crippen molar-refractivity contribution in [2.24, 2.45) is 0 Å². The van der Waals surface area contributed by atoms with Crippen LogP contribution in [0.15, 0.2) is 42.6 Å². The van der Waals surface area contributed by atoms with E-state index in [9.17, 15) is 9.18 Å². The lowest BCUT2D eigenvalue weighted by atomic mass is 10.2. The van der Waals surface area contributed by atoms with E-state index < -0.39 is 0 Å². The Kier molecular flexibility index (Phi) is 5.43. The van der Waals surface area contributed by atoms with Gasteiger partial charge in [-0.25, -0.2) is 9.37 Å². The molecule has 2 rings (SSSR count). The summed E-state index contributed by atoms with van der Waals surface area (Å²) in [5, 5.41) is 2.69. The summed E-state index contributed by atoms with van der Waals surface area (Å²) in [6.07, 6.45) is 1.52. The number of likely N-dealkylation sites (N-methyl/N-ethyl adjacent to an activating group) is 1. The molecule has 0 radical (unpaired) electrons. The zero-order chi connectivity index (χ0) is 15.9. The van der Waals surface area contributed by atoms with Gasteiger partial charge in [0.1, 0.15) is 12.4 Å². The molecule has 1 heterocycles. The molecule has 1 N–H and O–H groups in total. The van der Waals surface area contributed by atoms with Crippen LogP contribution in [0.2, 0.25) is 0 Å². The molecular weight excluding hydrogens is 285 g/mol. The normalized spacial score (nSPS) is 10.5. The smallest absolute Gasteiger partial charge is 0.255 e. The molecule has 0 aliphatic heterocycles.